The SMILES string of the molecule is FC(F)(F)c1ccccc1-c1ccc(C2=CC(c3ccccc3)C(c3ccccc3)(c3ccc(-c4ccccc4C(F)(F)F)cc3)C(c3ccccc3)=C2c2ccccc2)cc1. The van der Waals surface area contributed by atoms with Crippen LogP contribution in [0.25, 0.3) is 39.0 Å². The quantitative estimate of drug-likeness (QED) is 0.134. The molecule has 0 aliphatic heterocycles. The molecule has 1 aliphatic carbocycles. The average molecular weight is 825 g/mol. The van der Waals surface area contributed by atoms with Crippen LogP contribution in [0.5, 0.6) is 0 Å². The lowest BCUT2D eigenvalue weighted by Crippen LogP contribution is -2.38. The molecule has 0 nitrogen and oxygen atoms in total. The van der Waals surface area contributed by atoms with E-state index in [0.717, 1.165) is 62.2 Å². The van der Waals surface area contributed by atoms with Crippen LogP contribution < -0.4 is 0 Å². The largest absolute Gasteiger partial charge is 0.417 e. The van der Waals surface area contributed by atoms with Crippen LogP contribution in [0.3, 0.4) is 0 Å². The molecule has 2 unspecified atom stereocenters. The average Bonchev–Trinajstić information content (AvgIpc) is 3.31. The molecule has 0 heterocycles. The molecule has 0 bridgehead atoms. The third-order valence-corrected chi connectivity index (χ3v) is 11.8. The fourth-order valence-electron chi connectivity index (χ4n) is 9.21. The molecule has 0 N–H and O–H groups in total. The van der Waals surface area contributed by atoms with Crippen LogP contribution in [0.15, 0.2) is 224 Å². The van der Waals surface area contributed by atoms with E-state index in [1.807, 2.05) is 97.1 Å². The topological polar surface area (TPSA) is 0 Å². The molecule has 1 aliphatic rings. The van der Waals surface area contributed by atoms with Crippen LogP contribution >= 0.6 is 0 Å². The maximum atomic E-state index is 14.4. The molecule has 9 rings (SSSR count). The Kier molecular flexibility index (Phi) is 10.6. The Balaban J connectivity index is 1.37. The van der Waals surface area contributed by atoms with E-state index in [0.29, 0.717) is 11.1 Å². The highest BCUT2D eigenvalue weighted by Crippen LogP contribution is 2.61. The van der Waals surface area contributed by atoms with E-state index in [2.05, 4.69) is 54.6 Å². The maximum absolute atomic E-state index is 14.4. The minimum atomic E-state index is -4.54. The molecular weight excluding hydrogens is 787 g/mol. The Morgan fingerprint density at radius 2 is 0.726 bits per heavy atom. The smallest absolute Gasteiger partial charge is 0.166 e. The van der Waals surface area contributed by atoms with Crippen molar-refractivity contribution in [2.24, 2.45) is 0 Å². The van der Waals surface area contributed by atoms with Gasteiger partial charge in [0.05, 0.1) is 16.5 Å². The first-order chi connectivity index (χ1) is 30.0. The highest BCUT2D eigenvalue weighted by Gasteiger charge is 2.50. The van der Waals surface area contributed by atoms with Gasteiger partial charge in [0.25, 0.3) is 0 Å². The van der Waals surface area contributed by atoms with Crippen LogP contribution in [0.4, 0.5) is 26.3 Å². The minimum absolute atomic E-state index is 0.0934. The summed E-state index contributed by atoms with van der Waals surface area (Å²) < 4.78 is 85.7. The Morgan fingerprint density at radius 1 is 0.339 bits per heavy atom. The summed E-state index contributed by atoms with van der Waals surface area (Å²) in [5.74, 6) is -0.400. The zero-order valence-electron chi connectivity index (χ0n) is 33.2. The number of rotatable bonds is 8. The first-order valence-corrected chi connectivity index (χ1v) is 20.3. The summed E-state index contributed by atoms with van der Waals surface area (Å²) in [7, 11) is 0. The van der Waals surface area contributed by atoms with Gasteiger partial charge in [-0.25, -0.2) is 0 Å². The van der Waals surface area contributed by atoms with Crippen molar-refractivity contribution >= 4 is 16.7 Å². The molecule has 8 aromatic rings. The van der Waals surface area contributed by atoms with Crippen molar-refractivity contribution in [1.82, 2.24) is 0 Å². The molecule has 0 fully saturated rings. The fourth-order valence-corrected chi connectivity index (χ4v) is 9.21. The predicted octanol–water partition coefficient (Wildman–Crippen LogP) is 15.8. The molecule has 0 radical (unpaired) electrons. The number of hydrogen-bond donors (Lipinski definition) is 0. The molecule has 0 amide bonds. The van der Waals surface area contributed by atoms with Crippen molar-refractivity contribution in [2.75, 3.05) is 0 Å². The van der Waals surface area contributed by atoms with Crippen molar-refractivity contribution in [3.8, 4) is 22.3 Å². The van der Waals surface area contributed by atoms with Gasteiger partial charge in [0.1, 0.15) is 0 Å². The number of allylic oxidation sites excluding steroid dienone is 4. The number of benzene rings is 8. The van der Waals surface area contributed by atoms with Crippen molar-refractivity contribution in [2.45, 2.75) is 23.7 Å². The van der Waals surface area contributed by atoms with Gasteiger partial charge in [-0.1, -0.05) is 212 Å². The molecule has 0 aromatic heterocycles. The Hall–Kier alpha value is -7.18. The van der Waals surface area contributed by atoms with E-state index in [1.54, 1.807) is 36.4 Å². The highest BCUT2D eigenvalue weighted by atomic mass is 19.4. The Bertz CT molecular complexity index is 2880. The van der Waals surface area contributed by atoms with Crippen LogP contribution in [-0.2, 0) is 17.8 Å². The molecular formula is C56H38F6. The van der Waals surface area contributed by atoms with Gasteiger partial charge in [0.2, 0.25) is 0 Å². The van der Waals surface area contributed by atoms with Gasteiger partial charge in [-0.2, -0.15) is 26.3 Å². The summed E-state index contributed by atoms with van der Waals surface area (Å²) in [6, 6.07) is 66.6. The molecule has 304 valence electrons. The maximum Gasteiger partial charge on any atom is 0.417 e. The van der Waals surface area contributed by atoms with Crippen molar-refractivity contribution in [3.05, 3.63) is 269 Å². The van der Waals surface area contributed by atoms with E-state index in [1.165, 1.54) is 24.3 Å². The van der Waals surface area contributed by atoms with Gasteiger partial charge < -0.3 is 0 Å². The lowest BCUT2D eigenvalue weighted by molar-refractivity contribution is -0.137. The van der Waals surface area contributed by atoms with Crippen LogP contribution in [0.1, 0.15) is 50.4 Å². The van der Waals surface area contributed by atoms with Gasteiger partial charge in [-0.05, 0) is 84.5 Å². The zero-order valence-corrected chi connectivity index (χ0v) is 33.2. The van der Waals surface area contributed by atoms with E-state index in [4.69, 9.17) is 0 Å². The van der Waals surface area contributed by atoms with Gasteiger partial charge in [-0.15, -0.1) is 0 Å². The summed E-state index contributed by atoms with van der Waals surface area (Å²) in [6.07, 6.45) is -6.81. The fraction of sp³-hybridized carbons (Fsp3) is 0.0714. The lowest BCUT2D eigenvalue weighted by Gasteiger charge is -2.48. The monoisotopic (exact) mass is 824 g/mol. The van der Waals surface area contributed by atoms with Crippen molar-refractivity contribution in [3.63, 3.8) is 0 Å². The van der Waals surface area contributed by atoms with Gasteiger partial charge >= 0.3 is 12.4 Å². The molecule has 0 spiro atoms. The Labute approximate surface area is 356 Å². The first kappa shape index (κ1) is 40.2. The standard InChI is InChI=1S/C56H38F6/c57-55(58,59)49-27-15-13-25-46(49)38-29-31-40(32-30-38)48-37-51(41-17-5-1-6-18-41)54(44-23-11-4-12-24-44,53(43-21-9-3-10-22-43)52(48)42-19-7-2-8-20-42)45-35-33-39(34-36-45)47-26-14-16-28-50(47)56(60,61)62/h1-37,51H. The molecule has 8 aromatic carbocycles. The second-order valence-electron chi connectivity index (χ2n) is 15.4. The summed E-state index contributed by atoms with van der Waals surface area (Å²) in [5, 5.41) is 0. The number of hydrogen-bond acceptors (Lipinski definition) is 0. The van der Waals surface area contributed by atoms with Crippen LogP contribution in [0, 0.1) is 0 Å². The van der Waals surface area contributed by atoms with Crippen molar-refractivity contribution < 1.29 is 26.3 Å². The van der Waals surface area contributed by atoms with Crippen LogP contribution in [-0.4, -0.2) is 0 Å². The van der Waals surface area contributed by atoms with Crippen LogP contribution in [0.2, 0.25) is 0 Å². The summed E-state index contributed by atoms with van der Waals surface area (Å²) in [6.45, 7) is 0. The minimum Gasteiger partial charge on any atom is -0.166 e. The van der Waals surface area contributed by atoms with E-state index >= 15 is 0 Å². The molecule has 0 saturated heterocycles. The van der Waals surface area contributed by atoms with E-state index in [-0.39, 0.29) is 11.1 Å². The third kappa shape index (κ3) is 7.36. The number of alkyl halides is 6. The van der Waals surface area contributed by atoms with Gasteiger partial charge in [0.15, 0.2) is 0 Å². The number of halogens is 6. The van der Waals surface area contributed by atoms with Crippen molar-refractivity contribution in [1.29, 1.82) is 0 Å². The van der Waals surface area contributed by atoms with E-state index < -0.39 is 34.8 Å². The molecule has 62 heavy (non-hydrogen) atoms. The normalized spacial score (nSPS) is 16.8. The third-order valence-electron chi connectivity index (χ3n) is 11.8. The second kappa shape index (κ2) is 16.4. The first-order valence-electron chi connectivity index (χ1n) is 20.3. The van der Waals surface area contributed by atoms with Gasteiger partial charge in [0, 0.05) is 5.92 Å². The summed E-state index contributed by atoms with van der Waals surface area (Å²) in [5.41, 5.74) is 6.97. The zero-order chi connectivity index (χ0) is 42.9. The second-order valence-corrected chi connectivity index (χ2v) is 15.4. The molecule has 2 atom stereocenters. The highest BCUT2D eigenvalue weighted by molar-refractivity contribution is 6.19. The summed E-state index contributed by atoms with van der Waals surface area (Å²) >= 11 is 0. The predicted molar refractivity (Wildman–Crippen MR) is 238 cm³/mol. The lowest BCUT2D eigenvalue weighted by atomic mass is 9.53. The van der Waals surface area contributed by atoms with E-state index in [9.17, 15) is 26.3 Å². The Morgan fingerprint density at radius 3 is 1.23 bits per heavy atom. The summed E-state index contributed by atoms with van der Waals surface area (Å²) in [4.78, 5) is 0. The molecule has 0 saturated carbocycles. The van der Waals surface area contributed by atoms with Gasteiger partial charge in [-0.3, -0.25) is 0 Å². The molecule has 6 heteroatoms.